The van der Waals surface area contributed by atoms with Crippen molar-refractivity contribution < 1.29 is 13.2 Å². The molecular weight excluding hydrogens is 440 g/mol. The summed E-state index contributed by atoms with van der Waals surface area (Å²) in [6.45, 7) is 1.54. The summed E-state index contributed by atoms with van der Waals surface area (Å²) in [6, 6.07) is 22.3. The minimum Gasteiger partial charge on any atom is -0.325 e. The number of rotatable bonds is 6. The quantitative estimate of drug-likeness (QED) is 0.587. The Balaban J connectivity index is 1.95. The van der Waals surface area contributed by atoms with E-state index in [0.717, 1.165) is 14.3 Å². The zero-order valence-electron chi connectivity index (χ0n) is 15.2. The fourth-order valence-electron chi connectivity index (χ4n) is 2.64. The number of nitrogens with zero attached hydrogens (tertiary/aromatic N) is 1. The summed E-state index contributed by atoms with van der Waals surface area (Å²) in [4.78, 5) is 12.7. The summed E-state index contributed by atoms with van der Waals surface area (Å²) < 4.78 is 28.4. The van der Waals surface area contributed by atoms with Crippen LogP contribution in [0, 0.1) is 6.92 Å². The van der Waals surface area contributed by atoms with Crippen molar-refractivity contribution in [2.24, 2.45) is 0 Å². The number of carbonyl (C=O) groups excluding carboxylic acids is 1. The number of anilines is 2. The fraction of sp³-hybridized carbons (Fsp3) is 0.0952. The zero-order chi connectivity index (χ0) is 20.1. The molecule has 0 unspecified atom stereocenters. The molecule has 0 bridgehead atoms. The average Bonchev–Trinajstić information content (AvgIpc) is 2.67. The second kappa shape index (κ2) is 8.58. The Hall–Kier alpha value is -2.64. The van der Waals surface area contributed by atoms with Crippen molar-refractivity contribution >= 4 is 43.2 Å². The molecule has 3 aromatic rings. The lowest BCUT2D eigenvalue weighted by molar-refractivity contribution is -0.114. The molecule has 144 valence electrons. The molecule has 5 nitrogen and oxygen atoms in total. The van der Waals surface area contributed by atoms with Crippen LogP contribution in [0.25, 0.3) is 0 Å². The van der Waals surface area contributed by atoms with Gasteiger partial charge < -0.3 is 5.32 Å². The molecule has 3 rings (SSSR count). The number of benzene rings is 3. The molecule has 0 aromatic heterocycles. The lowest BCUT2D eigenvalue weighted by Crippen LogP contribution is -2.38. The predicted octanol–water partition coefficient (Wildman–Crippen LogP) is 4.59. The highest BCUT2D eigenvalue weighted by Crippen LogP contribution is 2.26. The molecule has 0 radical (unpaired) electrons. The van der Waals surface area contributed by atoms with Gasteiger partial charge in [-0.05, 0) is 49.4 Å². The highest BCUT2D eigenvalue weighted by Gasteiger charge is 2.27. The van der Waals surface area contributed by atoms with E-state index in [1.807, 2.05) is 13.0 Å². The third-order valence-electron chi connectivity index (χ3n) is 4.05. The standard InChI is InChI=1S/C21H19BrN2O3S/c1-16-10-12-20(13-11-16)28(26,27)24(19-9-5-6-17(22)14-19)15-21(25)23-18-7-3-2-4-8-18/h2-14H,15H2,1H3,(H,23,25). The average molecular weight is 459 g/mol. The lowest BCUT2D eigenvalue weighted by atomic mass is 10.2. The maximum atomic E-state index is 13.3. The Morgan fingerprint density at radius 2 is 1.64 bits per heavy atom. The molecule has 7 heteroatoms. The summed E-state index contributed by atoms with van der Waals surface area (Å²) in [7, 11) is -3.92. The molecule has 28 heavy (non-hydrogen) atoms. The van der Waals surface area contributed by atoms with Crippen molar-refractivity contribution in [1.29, 1.82) is 0 Å². The van der Waals surface area contributed by atoms with Gasteiger partial charge >= 0.3 is 0 Å². The Morgan fingerprint density at radius 3 is 2.29 bits per heavy atom. The number of halogens is 1. The van der Waals surface area contributed by atoms with Gasteiger partial charge in [-0.3, -0.25) is 9.10 Å². The Labute approximate surface area is 173 Å². The first-order valence-corrected chi connectivity index (χ1v) is 10.8. The first-order chi connectivity index (χ1) is 13.4. The number of nitrogens with one attached hydrogen (secondary N) is 1. The molecule has 0 aliphatic carbocycles. The van der Waals surface area contributed by atoms with E-state index in [2.05, 4.69) is 21.2 Å². The van der Waals surface area contributed by atoms with Crippen molar-refractivity contribution in [2.75, 3.05) is 16.2 Å². The fourth-order valence-corrected chi connectivity index (χ4v) is 4.44. The van der Waals surface area contributed by atoms with Crippen molar-refractivity contribution in [3.63, 3.8) is 0 Å². The topological polar surface area (TPSA) is 66.5 Å². The van der Waals surface area contributed by atoms with Crippen LogP contribution in [0.5, 0.6) is 0 Å². The molecule has 0 spiro atoms. The molecule has 1 amide bonds. The number of sulfonamides is 1. The summed E-state index contributed by atoms with van der Waals surface area (Å²) in [5, 5.41) is 2.73. The van der Waals surface area contributed by atoms with E-state index in [-0.39, 0.29) is 11.4 Å². The van der Waals surface area contributed by atoms with Crippen LogP contribution in [-0.4, -0.2) is 20.9 Å². The molecule has 1 N–H and O–H groups in total. The van der Waals surface area contributed by atoms with E-state index in [4.69, 9.17) is 0 Å². The largest absolute Gasteiger partial charge is 0.325 e. The third kappa shape index (κ3) is 4.79. The molecule has 0 saturated carbocycles. The van der Waals surface area contributed by atoms with Gasteiger partial charge in [-0.15, -0.1) is 0 Å². The van der Waals surface area contributed by atoms with Crippen LogP contribution < -0.4 is 9.62 Å². The normalized spacial score (nSPS) is 11.1. The van der Waals surface area contributed by atoms with E-state index in [1.54, 1.807) is 72.8 Å². The second-order valence-electron chi connectivity index (χ2n) is 6.22. The van der Waals surface area contributed by atoms with Gasteiger partial charge in [-0.25, -0.2) is 8.42 Å². The third-order valence-corrected chi connectivity index (χ3v) is 6.33. The van der Waals surface area contributed by atoms with Crippen LogP contribution in [0.2, 0.25) is 0 Å². The van der Waals surface area contributed by atoms with Crippen LogP contribution in [0.15, 0.2) is 88.2 Å². The number of hydrogen-bond donors (Lipinski definition) is 1. The SMILES string of the molecule is Cc1ccc(S(=O)(=O)N(CC(=O)Nc2ccccc2)c2cccc(Br)c2)cc1. The second-order valence-corrected chi connectivity index (χ2v) is 9.00. The smallest absolute Gasteiger partial charge is 0.264 e. The number of carbonyl (C=O) groups is 1. The summed E-state index contributed by atoms with van der Waals surface area (Å²) >= 11 is 3.36. The van der Waals surface area contributed by atoms with E-state index >= 15 is 0 Å². The molecule has 3 aromatic carbocycles. The Morgan fingerprint density at radius 1 is 0.964 bits per heavy atom. The summed E-state index contributed by atoms with van der Waals surface area (Å²) in [5.41, 5.74) is 1.96. The van der Waals surface area contributed by atoms with Gasteiger partial charge in [0, 0.05) is 10.2 Å². The molecule has 0 heterocycles. The van der Waals surface area contributed by atoms with Crippen molar-refractivity contribution in [2.45, 2.75) is 11.8 Å². The zero-order valence-corrected chi connectivity index (χ0v) is 17.6. The maximum Gasteiger partial charge on any atom is 0.264 e. The van der Waals surface area contributed by atoms with Crippen LogP contribution >= 0.6 is 15.9 Å². The van der Waals surface area contributed by atoms with E-state index in [1.165, 1.54) is 0 Å². The molecule has 0 saturated heterocycles. The first kappa shape index (κ1) is 20.1. The van der Waals surface area contributed by atoms with Gasteiger partial charge in [0.25, 0.3) is 10.0 Å². The van der Waals surface area contributed by atoms with E-state index in [0.29, 0.717) is 11.4 Å². The van der Waals surface area contributed by atoms with Gasteiger partial charge in [-0.2, -0.15) is 0 Å². The predicted molar refractivity (Wildman–Crippen MR) is 115 cm³/mol. The van der Waals surface area contributed by atoms with Gasteiger partial charge in [0.1, 0.15) is 6.54 Å². The van der Waals surface area contributed by atoms with Gasteiger partial charge in [0.05, 0.1) is 10.6 Å². The highest BCUT2D eigenvalue weighted by molar-refractivity contribution is 9.10. The van der Waals surface area contributed by atoms with Crippen LogP contribution in [0.3, 0.4) is 0 Å². The van der Waals surface area contributed by atoms with Crippen molar-refractivity contribution in [3.05, 3.63) is 88.9 Å². The van der Waals surface area contributed by atoms with Gasteiger partial charge in [0.15, 0.2) is 0 Å². The monoisotopic (exact) mass is 458 g/mol. The Kier molecular flexibility index (Phi) is 6.16. The van der Waals surface area contributed by atoms with Crippen molar-refractivity contribution in [3.8, 4) is 0 Å². The highest BCUT2D eigenvalue weighted by atomic mass is 79.9. The van der Waals surface area contributed by atoms with Crippen LogP contribution in [0.4, 0.5) is 11.4 Å². The minimum atomic E-state index is -3.92. The van der Waals surface area contributed by atoms with Gasteiger partial charge in [-0.1, -0.05) is 57.9 Å². The number of amides is 1. The molecule has 0 fully saturated rings. The number of hydrogen-bond acceptors (Lipinski definition) is 3. The van der Waals surface area contributed by atoms with E-state index in [9.17, 15) is 13.2 Å². The van der Waals surface area contributed by atoms with Crippen LogP contribution in [-0.2, 0) is 14.8 Å². The summed E-state index contributed by atoms with van der Waals surface area (Å²) in [6.07, 6.45) is 0. The summed E-state index contributed by atoms with van der Waals surface area (Å²) in [5.74, 6) is -0.429. The minimum absolute atomic E-state index is 0.130. The molecule has 0 aliphatic heterocycles. The number of aryl methyl sites for hydroxylation is 1. The maximum absolute atomic E-state index is 13.3. The van der Waals surface area contributed by atoms with Crippen molar-refractivity contribution in [1.82, 2.24) is 0 Å². The lowest BCUT2D eigenvalue weighted by Gasteiger charge is -2.24. The van der Waals surface area contributed by atoms with Gasteiger partial charge in [0.2, 0.25) is 5.91 Å². The number of para-hydroxylation sites is 1. The molecule has 0 atom stereocenters. The van der Waals surface area contributed by atoms with Crippen LogP contribution in [0.1, 0.15) is 5.56 Å². The van der Waals surface area contributed by atoms with E-state index < -0.39 is 15.9 Å². The first-order valence-electron chi connectivity index (χ1n) is 8.56. The molecular formula is C21H19BrN2O3S. The molecule has 0 aliphatic rings. The Bertz CT molecular complexity index is 1070.